The lowest BCUT2D eigenvalue weighted by molar-refractivity contribution is -0.222. The van der Waals surface area contributed by atoms with Gasteiger partial charge in [0.25, 0.3) is 8.32 Å². The number of hydrogen-bond donors (Lipinski definition) is 0. The van der Waals surface area contributed by atoms with Crippen molar-refractivity contribution in [1.82, 2.24) is 0 Å². The van der Waals surface area contributed by atoms with Gasteiger partial charge in [-0.25, -0.2) is 0 Å². The van der Waals surface area contributed by atoms with E-state index in [2.05, 4.69) is 125 Å². The van der Waals surface area contributed by atoms with Crippen molar-refractivity contribution >= 4 is 18.7 Å². The van der Waals surface area contributed by atoms with Crippen LogP contribution < -0.4 is 10.4 Å². The Kier molecular flexibility index (Phi) is 10.7. The Morgan fingerprint density at radius 1 is 0.767 bits per heavy atom. The summed E-state index contributed by atoms with van der Waals surface area (Å²) < 4.78 is 26.8. The van der Waals surface area contributed by atoms with Crippen LogP contribution in [0.25, 0.3) is 0 Å². The molecule has 0 radical (unpaired) electrons. The standard InChI is InChI=1S/C38H46O4Si/c1-30(40-29-31-17-9-5-10-18-31)27-34(28-33-25-26-39-37(41-33)32-19-11-6-12-20-32)42-43(38(2,3)4,35-21-13-7-14-22-35)36-23-15-8-16-24-36/h5-24,30,33-34,37H,25-29H2,1-4H3/t30-,33+,34+,37?/m1/s1. The topological polar surface area (TPSA) is 36.9 Å². The summed E-state index contributed by atoms with van der Waals surface area (Å²) in [7, 11) is -2.77. The van der Waals surface area contributed by atoms with Crippen molar-refractivity contribution in [2.24, 2.45) is 0 Å². The smallest absolute Gasteiger partial charge is 0.261 e. The van der Waals surface area contributed by atoms with Crippen molar-refractivity contribution in [2.45, 2.75) is 83.2 Å². The first-order valence-electron chi connectivity index (χ1n) is 15.6. The third kappa shape index (κ3) is 7.91. The van der Waals surface area contributed by atoms with Gasteiger partial charge in [-0.05, 0) is 47.2 Å². The molecular formula is C38H46O4Si. The third-order valence-corrected chi connectivity index (χ3v) is 13.4. The van der Waals surface area contributed by atoms with Crippen LogP contribution in [0.4, 0.5) is 0 Å². The molecule has 4 atom stereocenters. The first-order chi connectivity index (χ1) is 20.8. The SMILES string of the molecule is C[C@H](C[C@@H](C[C@@H]1CCOC(c2ccccc2)O1)O[Si](c1ccccc1)(c1ccccc1)C(C)(C)C)OCc1ccccc1. The second-order valence-corrected chi connectivity index (χ2v) is 16.9. The second-order valence-electron chi connectivity index (χ2n) is 12.6. The predicted octanol–water partition coefficient (Wildman–Crippen LogP) is 7.82. The molecular weight excluding hydrogens is 549 g/mol. The summed E-state index contributed by atoms with van der Waals surface area (Å²) >= 11 is 0. The van der Waals surface area contributed by atoms with E-state index < -0.39 is 8.32 Å². The van der Waals surface area contributed by atoms with Crippen LogP contribution in [-0.4, -0.2) is 33.2 Å². The van der Waals surface area contributed by atoms with E-state index >= 15 is 0 Å². The average molecular weight is 595 g/mol. The van der Waals surface area contributed by atoms with Gasteiger partial charge in [-0.15, -0.1) is 0 Å². The molecule has 43 heavy (non-hydrogen) atoms. The summed E-state index contributed by atoms with van der Waals surface area (Å²) in [6.07, 6.45) is 1.97. The molecule has 1 unspecified atom stereocenters. The van der Waals surface area contributed by atoms with E-state index in [1.807, 2.05) is 24.3 Å². The van der Waals surface area contributed by atoms with Crippen LogP contribution in [0.5, 0.6) is 0 Å². The van der Waals surface area contributed by atoms with E-state index in [4.69, 9.17) is 18.6 Å². The fraction of sp³-hybridized carbons (Fsp3) is 0.368. The molecule has 1 heterocycles. The molecule has 0 N–H and O–H groups in total. The van der Waals surface area contributed by atoms with Crippen LogP contribution in [0.15, 0.2) is 121 Å². The van der Waals surface area contributed by atoms with Gasteiger partial charge in [0.15, 0.2) is 6.29 Å². The minimum Gasteiger partial charge on any atom is -0.404 e. The molecule has 5 heteroatoms. The molecule has 0 aliphatic carbocycles. The summed E-state index contributed by atoms with van der Waals surface area (Å²) in [5, 5.41) is 2.45. The molecule has 0 amide bonds. The Morgan fingerprint density at radius 2 is 1.30 bits per heavy atom. The molecule has 0 saturated carbocycles. The highest BCUT2D eigenvalue weighted by atomic mass is 28.4. The van der Waals surface area contributed by atoms with E-state index in [1.54, 1.807) is 0 Å². The highest BCUT2D eigenvalue weighted by Gasteiger charge is 2.51. The maximum Gasteiger partial charge on any atom is 0.261 e. The first-order valence-corrected chi connectivity index (χ1v) is 17.5. The Hall–Kier alpha value is -3.06. The minimum atomic E-state index is -2.77. The molecule has 4 aromatic carbocycles. The fourth-order valence-corrected chi connectivity index (χ4v) is 10.9. The second kappa shape index (κ2) is 14.6. The van der Waals surface area contributed by atoms with E-state index in [1.165, 1.54) is 15.9 Å². The maximum atomic E-state index is 7.68. The maximum absolute atomic E-state index is 7.68. The van der Waals surface area contributed by atoms with Gasteiger partial charge in [0, 0.05) is 5.56 Å². The zero-order valence-electron chi connectivity index (χ0n) is 26.0. The van der Waals surface area contributed by atoms with Gasteiger partial charge >= 0.3 is 0 Å². The summed E-state index contributed by atoms with van der Waals surface area (Å²) in [6.45, 7) is 10.4. The van der Waals surface area contributed by atoms with Crippen molar-refractivity contribution in [3.8, 4) is 0 Å². The van der Waals surface area contributed by atoms with Crippen LogP contribution in [0.2, 0.25) is 5.04 Å². The first kappa shape index (κ1) is 31.4. The zero-order valence-corrected chi connectivity index (χ0v) is 27.0. The van der Waals surface area contributed by atoms with Crippen molar-refractivity contribution in [3.63, 3.8) is 0 Å². The van der Waals surface area contributed by atoms with E-state index in [0.717, 1.165) is 24.8 Å². The Labute approximate surface area is 259 Å². The summed E-state index contributed by atoms with van der Waals surface area (Å²) in [5.74, 6) is 0. The Balaban J connectivity index is 1.45. The lowest BCUT2D eigenvalue weighted by atomic mass is 10.0. The molecule has 0 aromatic heterocycles. The zero-order chi connectivity index (χ0) is 30.1. The predicted molar refractivity (Wildman–Crippen MR) is 177 cm³/mol. The van der Waals surface area contributed by atoms with Crippen molar-refractivity contribution in [1.29, 1.82) is 0 Å². The molecule has 1 aliphatic heterocycles. The lowest BCUT2D eigenvalue weighted by Crippen LogP contribution is -2.68. The minimum absolute atomic E-state index is 0.00758. The van der Waals surface area contributed by atoms with Crippen LogP contribution >= 0.6 is 0 Å². The molecule has 0 bridgehead atoms. The third-order valence-electron chi connectivity index (χ3n) is 8.36. The van der Waals surface area contributed by atoms with Gasteiger partial charge in [-0.1, -0.05) is 142 Å². The molecule has 4 nitrogen and oxygen atoms in total. The number of hydrogen-bond acceptors (Lipinski definition) is 4. The molecule has 226 valence electrons. The van der Waals surface area contributed by atoms with Crippen LogP contribution in [0, 0.1) is 0 Å². The Morgan fingerprint density at radius 3 is 1.86 bits per heavy atom. The number of benzene rings is 4. The van der Waals surface area contributed by atoms with Crippen molar-refractivity contribution < 1.29 is 18.6 Å². The quantitative estimate of drug-likeness (QED) is 0.157. The molecule has 4 aromatic rings. The van der Waals surface area contributed by atoms with Crippen LogP contribution in [-0.2, 0) is 25.2 Å². The molecule has 1 fully saturated rings. The summed E-state index contributed by atoms with van der Waals surface area (Å²) in [5.41, 5.74) is 2.23. The van der Waals surface area contributed by atoms with Crippen molar-refractivity contribution in [3.05, 3.63) is 132 Å². The molecule has 1 aliphatic rings. The van der Waals surface area contributed by atoms with E-state index in [9.17, 15) is 0 Å². The average Bonchev–Trinajstić information content (AvgIpc) is 3.04. The van der Waals surface area contributed by atoms with Gasteiger partial charge in [-0.2, -0.15) is 0 Å². The normalized spacial score (nSPS) is 19.1. The monoisotopic (exact) mass is 594 g/mol. The van der Waals surface area contributed by atoms with E-state index in [0.29, 0.717) is 13.2 Å². The van der Waals surface area contributed by atoms with Gasteiger partial charge < -0.3 is 18.6 Å². The largest absolute Gasteiger partial charge is 0.404 e. The number of ether oxygens (including phenoxy) is 3. The van der Waals surface area contributed by atoms with Crippen molar-refractivity contribution in [2.75, 3.05) is 6.61 Å². The van der Waals surface area contributed by atoms with Gasteiger partial charge in [0.1, 0.15) is 0 Å². The van der Waals surface area contributed by atoms with Crippen LogP contribution in [0.1, 0.15) is 64.4 Å². The highest BCUT2D eigenvalue weighted by molar-refractivity contribution is 6.99. The van der Waals surface area contributed by atoms with Crippen LogP contribution in [0.3, 0.4) is 0 Å². The van der Waals surface area contributed by atoms with Gasteiger partial charge in [-0.3, -0.25) is 0 Å². The summed E-state index contributed by atoms with van der Waals surface area (Å²) in [6, 6.07) is 42.4. The fourth-order valence-electron chi connectivity index (χ4n) is 6.22. The van der Waals surface area contributed by atoms with E-state index in [-0.39, 0.29) is 29.6 Å². The molecule has 1 saturated heterocycles. The molecule has 0 spiro atoms. The summed E-state index contributed by atoms with van der Waals surface area (Å²) in [4.78, 5) is 0. The number of rotatable bonds is 12. The Bertz CT molecular complexity index is 1320. The van der Waals surface area contributed by atoms with Gasteiger partial charge in [0.05, 0.1) is 31.5 Å². The van der Waals surface area contributed by atoms with Gasteiger partial charge in [0.2, 0.25) is 0 Å². The highest BCUT2D eigenvalue weighted by Crippen LogP contribution is 2.39. The lowest BCUT2D eigenvalue weighted by Gasteiger charge is -2.46. The molecule has 5 rings (SSSR count).